The molecule has 0 saturated heterocycles. The van der Waals surface area contributed by atoms with E-state index in [-0.39, 0.29) is 12.3 Å². The zero-order chi connectivity index (χ0) is 12.4. The maximum absolute atomic E-state index is 11.8. The van der Waals surface area contributed by atoms with Crippen LogP contribution in [0.1, 0.15) is 32.6 Å². The summed E-state index contributed by atoms with van der Waals surface area (Å²) in [6.45, 7) is 1.33. The summed E-state index contributed by atoms with van der Waals surface area (Å²) in [6, 6.07) is 0. The highest BCUT2D eigenvalue weighted by atomic mass is 19.4. The van der Waals surface area contributed by atoms with Gasteiger partial charge in [0.25, 0.3) is 0 Å². The topological polar surface area (TPSA) is 46.5 Å². The summed E-state index contributed by atoms with van der Waals surface area (Å²) in [5.74, 6) is -0.760. The summed E-state index contributed by atoms with van der Waals surface area (Å²) < 4.78 is 38.9. The highest BCUT2D eigenvalue weighted by molar-refractivity contribution is 5.75. The van der Waals surface area contributed by atoms with Crippen molar-refractivity contribution in [1.82, 2.24) is 0 Å². The van der Waals surface area contributed by atoms with Crippen LogP contribution in [0.4, 0.5) is 13.2 Å². The fourth-order valence-corrected chi connectivity index (χ4v) is 2.28. The Morgan fingerprint density at radius 3 is 2.56 bits per heavy atom. The minimum absolute atomic E-state index is 0.0772. The number of halogens is 3. The molecule has 2 unspecified atom stereocenters. The molecule has 1 aliphatic carbocycles. The van der Waals surface area contributed by atoms with Gasteiger partial charge in [0.05, 0.1) is 12.0 Å². The van der Waals surface area contributed by atoms with Gasteiger partial charge in [-0.25, -0.2) is 0 Å². The number of alkyl halides is 3. The predicted molar refractivity (Wildman–Crippen MR) is 49.7 cm³/mol. The van der Waals surface area contributed by atoms with Crippen molar-refractivity contribution >= 4 is 5.97 Å². The van der Waals surface area contributed by atoms with E-state index in [1.54, 1.807) is 0 Å². The summed E-state index contributed by atoms with van der Waals surface area (Å²) in [5.41, 5.74) is -1.02. The average Bonchev–Trinajstić information content (AvgIpc) is 2.46. The number of hydrogen-bond donors (Lipinski definition) is 1. The molecule has 0 aromatic heterocycles. The third kappa shape index (κ3) is 3.37. The second kappa shape index (κ2) is 4.61. The molecule has 1 rings (SSSR count). The van der Waals surface area contributed by atoms with Crippen molar-refractivity contribution in [3.63, 3.8) is 0 Å². The first-order valence-corrected chi connectivity index (χ1v) is 5.19. The Labute approximate surface area is 91.6 Å². The van der Waals surface area contributed by atoms with Gasteiger partial charge < -0.3 is 5.11 Å². The molecule has 0 aliphatic heterocycles. The van der Waals surface area contributed by atoms with Crippen LogP contribution in [0.2, 0.25) is 0 Å². The number of carboxylic acid groups (broad SMARTS) is 1. The lowest BCUT2D eigenvalue weighted by atomic mass is 9.82. The number of aliphatic carboxylic acids is 1. The van der Waals surface area contributed by atoms with Gasteiger partial charge in [-0.15, -0.1) is 13.2 Å². The highest BCUT2D eigenvalue weighted by Gasteiger charge is 2.44. The molecule has 0 bridgehead atoms. The van der Waals surface area contributed by atoms with Gasteiger partial charge in [0.1, 0.15) is 0 Å². The molecule has 1 saturated carbocycles. The summed E-state index contributed by atoms with van der Waals surface area (Å²) in [6.07, 6.45) is -3.14. The minimum atomic E-state index is -4.68. The predicted octanol–water partition coefficient (Wildman–Crippen LogP) is 2.80. The van der Waals surface area contributed by atoms with E-state index in [2.05, 4.69) is 4.74 Å². The van der Waals surface area contributed by atoms with Crippen molar-refractivity contribution < 1.29 is 27.8 Å². The fourth-order valence-electron chi connectivity index (χ4n) is 2.28. The van der Waals surface area contributed by atoms with Crippen LogP contribution in [-0.4, -0.2) is 24.0 Å². The molecule has 0 heterocycles. The van der Waals surface area contributed by atoms with Crippen molar-refractivity contribution in [3.05, 3.63) is 0 Å². The zero-order valence-corrected chi connectivity index (χ0v) is 9.01. The Morgan fingerprint density at radius 2 is 2.19 bits per heavy atom. The normalized spacial score (nSPS) is 30.6. The molecule has 0 aromatic rings. The van der Waals surface area contributed by atoms with Crippen molar-refractivity contribution in [2.24, 2.45) is 11.3 Å². The largest absolute Gasteiger partial charge is 0.522 e. The van der Waals surface area contributed by atoms with Gasteiger partial charge in [0.2, 0.25) is 0 Å². The van der Waals surface area contributed by atoms with E-state index < -0.39 is 24.4 Å². The Hall–Kier alpha value is -0.780. The van der Waals surface area contributed by atoms with E-state index in [4.69, 9.17) is 5.11 Å². The second-order valence-corrected chi connectivity index (χ2v) is 4.48. The van der Waals surface area contributed by atoms with E-state index in [1.165, 1.54) is 0 Å². The molecule has 0 spiro atoms. The van der Waals surface area contributed by atoms with Gasteiger partial charge in [-0.05, 0) is 31.6 Å². The molecule has 1 fully saturated rings. The molecule has 2 atom stereocenters. The Bertz CT molecular complexity index is 265. The van der Waals surface area contributed by atoms with Gasteiger partial charge in [-0.3, -0.25) is 9.53 Å². The Balaban J connectivity index is 2.51. The standard InChI is InChI=1S/C10H15F3O3/c1-7-2-3-9(6-7,8(14)15)4-5-16-10(11,12)13/h7H,2-6H2,1H3,(H,14,15). The first-order valence-electron chi connectivity index (χ1n) is 5.19. The molecule has 16 heavy (non-hydrogen) atoms. The van der Waals surface area contributed by atoms with Crippen LogP contribution >= 0.6 is 0 Å². The molecule has 1 aliphatic rings. The van der Waals surface area contributed by atoms with Crippen molar-refractivity contribution in [1.29, 1.82) is 0 Å². The zero-order valence-electron chi connectivity index (χ0n) is 9.01. The van der Waals surface area contributed by atoms with Gasteiger partial charge in [-0.1, -0.05) is 6.92 Å². The number of rotatable bonds is 4. The van der Waals surface area contributed by atoms with Crippen molar-refractivity contribution in [2.45, 2.75) is 39.0 Å². The molecule has 0 radical (unpaired) electrons. The fraction of sp³-hybridized carbons (Fsp3) is 0.900. The lowest BCUT2D eigenvalue weighted by Gasteiger charge is -2.24. The maximum atomic E-state index is 11.8. The lowest BCUT2D eigenvalue weighted by molar-refractivity contribution is -0.326. The van der Waals surface area contributed by atoms with Gasteiger partial charge in [-0.2, -0.15) is 0 Å². The third-order valence-corrected chi connectivity index (χ3v) is 3.15. The second-order valence-electron chi connectivity index (χ2n) is 4.48. The van der Waals surface area contributed by atoms with Crippen LogP contribution in [0, 0.1) is 11.3 Å². The van der Waals surface area contributed by atoms with Gasteiger partial charge in [0.15, 0.2) is 0 Å². The van der Waals surface area contributed by atoms with Gasteiger partial charge in [0, 0.05) is 0 Å². The maximum Gasteiger partial charge on any atom is 0.522 e. The molecule has 0 aromatic carbocycles. The summed E-state index contributed by atoms with van der Waals surface area (Å²) >= 11 is 0. The number of ether oxygens (including phenoxy) is 1. The number of hydrogen-bond acceptors (Lipinski definition) is 2. The van der Waals surface area contributed by atoms with Gasteiger partial charge >= 0.3 is 12.3 Å². The molecule has 0 amide bonds. The average molecular weight is 240 g/mol. The van der Waals surface area contributed by atoms with E-state index in [9.17, 15) is 18.0 Å². The van der Waals surface area contributed by atoms with E-state index in [0.717, 1.165) is 6.42 Å². The van der Waals surface area contributed by atoms with E-state index in [1.807, 2.05) is 6.92 Å². The SMILES string of the molecule is CC1CCC(CCOC(F)(F)F)(C(=O)O)C1. The number of carbonyl (C=O) groups is 1. The van der Waals surface area contributed by atoms with E-state index in [0.29, 0.717) is 12.8 Å². The first-order chi connectivity index (χ1) is 7.25. The van der Waals surface area contributed by atoms with Crippen LogP contribution in [0.3, 0.4) is 0 Å². The Kier molecular flexibility index (Phi) is 3.83. The summed E-state index contributed by atoms with van der Waals surface area (Å²) in [5, 5.41) is 9.07. The minimum Gasteiger partial charge on any atom is -0.481 e. The highest BCUT2D eigenvalue weighted by Crippen LogP contribution is 2.44. The van der Waals surface area contributed by atoms with Crippen LogP contribution in [0.15, 0.2) is 0 Å². The molecular formula is C10H15F3O3. The lowest BCUT2D eigenvalue weighted by Crippen LogP contribution is -2.30. The third-order valence-electron chi connectivity index (χ3n) is 3.15. The number of carboxylic acids is 1. The van der Waals surface area contributed by atoms with Crippen molar-refractivity contribution in [3.8, 4) is 0 Å². The summed E-state index contributed by atoms with van der Waals surface area (Å²) in [4.78, 5) is 11.1. The van der Waals surface area contributed by atoms with E-state index >= 15 is 0 Å². The first kappa shape index (κ1) is 13.3. The quantitative estimate of drug-likeness (QED) is 0.821. The molecule has 6 heteroatoms. The molecule has 94 valence electrons. The molecule has 1 N–H and O–H groups in total. The molecular weight excluding hydrogens is 225 g/mol. The smallest absolute Gasteiger partial charge is 0.481 e. The van der Waals surface area contributed by atoms with Crippen LogP contribution in [0.25, 0.3) is 0 Å². The Morgan fingerprint density at radius 1 is 1.56 bits per heavy atom. The van der Waals surface area contributed by atoms with Crippen LogP contribution in [-0.2, 0) is 9.53 Å². The molecule has 3 nitrogen and oxygen atoms in total. The summed E-state index contributed by atoms with van der Waals surface area (Å²) in [7, 11) is 0. The van der Waals surface area contributed by atoms with Crippen molar-refractivity contribution in [2.75, 3.05) is 6.61 Å². The monoisotopic (exact) mass is 240 g/mol. The van der Waals surface area contributed by atoms with Crippen LogP contribution < -0.4 is 0 Å². The van der Waals surface area contributed by atoms with Crippen LogP contribution in [0.5, 0.6) is 0 Å².